The van der Waals surface area contributed by atoms with Gasteiger partial charge in [0.15, 0.2) is 0 Å². The summed E-state index contributed by atoms with van der Waals surface area (Å²) in [5.74, 6) is 1.68. The third kappa shape index (κ3) is 3.24. The van der Waals surface area contributed by atoms with Crippen molar-refractivity contribution >= 4 is 17.4 Å². The molecule has 25 heavy (non-hydrogen) atoms. The highest BCUT2D eigenvalue weighted by atomic mass is 16.5. The van der Waals surface area contributed by atoms with Crippen molar-refractivity contribution in [3.8, 4) is 0 Å². The quantitative estimate of drug-likeness (QED) is 0.925. The van der Waals surface area contributed by atoms with Gasteiger partial charge in [0.25, 0.3) is 5.91 Å². The molecule has 7 heteroatoms. The number of pyridine rings is 1. The number of imidazole rings is 1. The van der Waals surface area contributed by atoms with Crippen LogP contribution in [0.25, 0.3) is 0 Å². The molecule has 0 atom stereocenters. The second-order valence-electron chi connectivity index (χ2n) is 6.52. The van der Waals surface area contributed by atoms with Crippen molar-refractivity contribution in [1.82, 2.24) is 14.5 Å². The zero-order valence-electron chi connectivity index (χ0n) is 14.5. The van der Waals surface area contributed by atoms with E-state index in [4.69, 9.17) is 4.74 Å². The SMILES string of the molecule is Cc1nc(C(=O)Nc2ccc(N3CCOCC3)nc2)c2n1CCCC2. The summed E-state index contributed by atoms with van der Waals surface area (Å²) in [5, 5.41) is 2.93. The first-order chi connectivity index (χ1) is 12.2. The minimum Gasteiger partial charge on any atom is -0.378 e. The maximum absolute atomic E-state index is 12.6. The molecule has 2 aromatic heterocycles. The van der Waals surface area contributed by atoms with Gasteiger partial charge in [0.05, 0.1) is 30.8 Å². The highest BCUT2D eigenvalue weighted by molar-refractivity contribution is 6.03. The minimum atomic E-state index is -0.153. The monoisotopic (exact) mass is 341 g/mol. The molecule has 1 saturated heterocycles. The number of rotatable bonds is 3. The summed E-state index contributed by atoms with van der Waals surface area (Å²) in [7, 11) is 0. The predicted molar refractivity (Wildman–Crippen MR) is 95.1 cm³/mol. The number of hydrogen-bond acceptors (Lipinski definition) is 5. The fourth-order valence-corrected chi connectivity index (χ4v) is 3.53. The Morgan fingerprint density at radius 1 is 1.20 bits per heavy atom. The van der Waals surface area contributed by atoms with E-state index in [1.54, 1.807) is 6.20 Å². The molecule has 0 spiro atoms. The van der Waals surface area contributed by atoms with E-state index in [1.807, 2.05) is 19.1 Å². The van der Waals surface area contributed by atoms with Crippen molar-refractivity contribution in [2.75, 3.05) is 36.5 Å². The highest BCUT2D eigenvalue weighted by Crippen LogP contribution is 2.22. The van der Waals surface area contributed by atoms with E-state index in [0.717, 1.165) is 69.4 Å². The molecule has 0 radical (unpaired) electrons. The molecule has 7 nitrogen and oxygen atoms in total. The lowest BCUT2D eigenvalue weighted by Crippen LogP contribution is -2.36. The molecule has 4 heterocycles. The van der Waals surface area contributed by atoms with Gasteiger partial charge >= 0.3 is 0 Å². The number of morpholine rings is 1. The lowest BCUT2D eigenvalue weighted by Gasteiger charge is -2.27. The Hall–Kier alpha value is -2.41. The molecule has 2 aliphatic heterocycles. The first-order valence-corrected chi connectivity index (χ1v) is 8.88. The van der Waals surface area contributed by atoms with E-state index in [0.29, 0.717) is 11.4 Å². The van der Waals surface area contributed by atoms with Crippen molar-refractivity contribution in [2.45, 2.75) is 32.7 Å². The number of carbonyl (C=O) groups excluding carboxylic acids is 1. The smallest absolute Gasteiger partial charge is 0.276 e. The average molecular weight is 341 g/mol. The molecule has 2 aromatic rings. The number of aromatic nitrogens is 3. The Bertz CT molecular complexity index is 763. The Balaban J connectivity index is 1.48. The van der Waals surface area contributed by atoms with Gasteiger partial charge < -0.3 is 19.5 Å². The second-order valence-corrected chi connectivity index (χ2v) is 6.52. The summed E-state index contributed by atoms with van der Waals surface area (Å²) in [6, 6.07) is 3.83. The zero-order valence-corrected chi connectivity index (χ0v) is 14.5. The van der Waals surface area contributed by atoms with Gasteiger partial charge in [0, 0.05) is 19.6 Å². The van der Waals surface area contributed by atoms with Crippen molar-refractivity contribution in [2.24, 2.45) is 0 Å². The molecular formula is C18H23N5O2. The van der Waals surface area contributed by atoms with Gasteiger partial charge in [0.2, 0.25) is 0 Å². The topological polar surface area (TPSA) is 72.3 Å². The third-order valence-electron chi connectivity index (χ3n) is 4.86. The molecule has 2 aliphatic rings. The van der Waals surface area contributed by atoms with E-state index >= 15 is 0 Å². The molecule has 0 unspecified atom stereocenters. The summed E-state index contributed by atoms with van der Waals surface area (Å²) in [6.45, 7) is 6.06. The van der Waals surface area contributed by atoms with Gasteiger partial charge in [-0.3, -0.25) is 4.79 Å². The third-order valence-corrected chi connectivity index (χ3v) is 4.86. The van der Waals surface area contributed by atoms with Crippen LogP contribution in [0.3, 0.4) is 0 Å². The number of carbonyl (C=O) groups is 1. The molecule has 132 valence electrons. The summed E-state index contributed by atoms with van der Waals surface area (Å²) in [5.41, 5.74) is 2.30. The van der Waals surface area contributed by atoms with E-state index in [1.165, 1.54) is 0 Å². The fraction of sp³-hybridized carbons (Fsp3) is 0.500. The molecule has 1 amide bonds. The number of ether oxygens (including phenoxy) is 1. The second kappa shape index (κ2) is 6.84. The Morgan fingerprint density at radius 2 is 2.04 bits per heavy atom. The van der Waals surface area contributed by atoms with Gasteiger partial charge in [-0.05, 0) is 38.3 Å². The van der Waals surface area contributed by atoms with Crippen LogP contribution in [-0.4, -0.2) is 46.7 Å². The Labute approximate surface area is 147 Å². The maximum atomic E-state index is 12.6. The summed E-state index contributed by atoms with van der Waals surface area (Å²) in [4.78, 5) is 23.8. The van der Waals surface area contributed by atoms with Crippen LogP contribution in [0.15, 0.2) is 18.3 Å². The summed E-state index contributed by atoms with van der Waals surface area (Å²) < 4.78 is 7.52. The van der Waals surface area contributed by atoms with E-state index < -0.39 is 0 Å². The van der Waals surface area contributed by atoms with Crippen molar-refractivity contribution < 1.29 is 9.53 Å². The van der Waals surface area contributed by atoms with Gasteiger partial charge in [-0.25, -0.2) is 9.97 Å². The van der Waals surface area contributed by atoms with E-state index in [-0.39, 0.29) is 5.91 Å². The average Bonchev–Trinajstić information content (AvgIpc) is 3.00. The van der Waals surface area contributed by atoms with Crippen LogP contribution < -0.4 is 10.2 Å². The van der Waals surface area contributed by atoms with E-state index in [2.05, 4.69) is 24.8 Å². The van der Waals surface area contributed by atoms with Crippen LogP contribution in [0.4, 0.5) is 11.5 Å². The van der Waals surface area contributed by atoms with Crippen molar-refractivity contribution in [3.05, 3.63) is 35.5 Å². The highest BCUT2D eigenvalue weighted by Gasteiger charge is 2.22. The lowest BCUT2D eigenvalue weighted by molar-refractivity contribution is 0.102. The molecule has 0 bridgehead atoms. The van der Waals surface area contributed by atoms with Crippen LogP contribution in [0.1, 0.15) is 34.8 Å². The fourth-order valence-electron chi connectivity index (χ4n) is 3.53. The molecule has 0 aromatic carbocycles. The number of nitrogens with one attached hydrogen (secondary N) is 1. The molecule has 0 aliphatic carbocycles. The largest absolute Gasteiger partial charge is 0.378 e. The van der Waals surface area contributed by atoms with Crippen LogP contribution in [0.2, 0.25) is 0 Å². The number of nitrogens with zero attached hydrogens (tertiary/aromatic N) is 4. The normalized spacial score (nSPS) is 17.2. The minimum absolute atomic E-state index is 0.153. The van der Waals surface area contributed by atoms with Gasteiger partial charge in [-0.2, -0.15) is 0 Å². The number of amides is 1. The number of fused-ring (bicyclic) bond motifs is 1. The predicted octanol–water partition coefficient (Wildman–Crippen LogP) is 2.01. The van der Waals surface area contributed by atoms with Crippen molar-refractivity contribution in [3.63, 3.8) is 0 Å². The lowest BCUT2D eigenvalue weighted by atomic mass is 10.1. The molecule has 1 fully saturated rings. The molecule has 0 saturated carbocycles. The van der Waals surface area contributed by atoms with Crippen LogP contribution >= 0.6 is 0 Å². The van der Waals surface area contributed by atoms with Gasteiger partial charge in [-0.1, -0.05) is 0 Å². The van der Waals surface area contributed by atoms with Gasteiger partial charge in [0.1, 0.15) is 17.3 Å². The number of hydrogen-bond donors (Lipinski definition) is 1. The van der Waals surface area contributed by atoms with Crippen molar-refractivity contribution in [1.29, 1.82) is 0 Å². The first kappa shape index (κ1) is 16.1. The van der Waals surface area contributed by atoms with Crippen LogP contribution in [0.5, 0.6) is 0 Å². The standard InChI is InChI=1S/C18H23N5O2/c1-13-20-17(15-4-2-3-7-23(13)15)18(24)21-14-5-6-16(19-12-14)22-8-10-25-11-9-22/h5-6,12H,2-4,7-11H2,1H3,(H,21,24). The number of anilines is 2. The van der Waals surface area contributed by atoms with Crippen LogP contribution in [0, 0.1) is 6.92 Å². The van der Waals surface area contributed by atoms with Gasteiger partial charge in [-0.15, -0.1) is 0 Å². The van der Waals surface area contributed by atoms with Crippen LogP contribution in [-0.2, 0) is 17.7 Å². The Morgan fingerprint density at radius 3 is 2.80 bits per heavy atom. The number of aryl methyl sites for hydroxylation is 1. The first-order valence-electron chi connectivity index (χ1n) is 8.88. The molecule has 4 rings (SSSR count). The van der Waals surface area contributed by atoms with E-state index in [9.17, 15) is 4.79 Å². The molecular weight excluding hydrogens is 318 g/mol. The maximum Gasteiger partial charge on any atom is 0.276 e. The summed E-state index contributed by atoms with van der Waals surface area (Å²) >= 11 is 0. The Kier molecular flexibility index (Phi) is 4.40. The summed E-state index contributed by atoms with van der Waals surface area (Å²) in [6.07, 6.45) is 4.88. The zero-order chi connectivity index (χ0) is 17.2. The molecule has 1 N–H and O–H groups in total.